The molecule has 0 atom stereocenters. The third kappa shape index (κ3) is 13.7. The van der Waals surface area contributed by atoms with E-state index in [4.69, 9.17) is 9.47 Å². The minimum Gasteiger partial charge on any atom is -0.462 e. The highest BCUT2D eigenvalue weighted by Gasteiger charge is 2.11. The summed E-state index contributed by atoms with van der Waals surface area (Å²) in [6.07, 6.45) is 19.0. The minimum absolute atomic E-state index is 0.346. The molecule has 0 saturated carbocycles. The molecule has 0 fully saturated rings. The standard InChI is InChI=1S/C39H52O4S/c1-3-5-7-9-11-12-14-16-30-42-38(40)34-22-26-36(27-23-34)43-39(41)35-20-18-32(19-21-35)33-24-28-37(29-25-33)44-31-17-15-13-10-8-6-4-2/h18-29H,3-17,30-31H2,1-2H3. The molecule has 0 aliphatic carbocycles. The first-order chi connectivity index (χ1) is 21.6. The van der Waals surface area contributed by atoms with Gasteiger partial charge >= 0.3 is 11.9 Å². The van der Waals surface area contributed by atoms with Crippen molar-refractivity contribution in [2.45, 2.75) is 115 Å². The number of hydrogen-bond acceptors (Lipinski definition) is 5. The first-order valence-electron chi connectivity index (χ1n) is 16.9. The van der Waals surface area contributed by atoms with Gasteiger partial charge in [0.1, 0.15) is 5.75 Å². The van der Waals surface area contributed by atoms with E-state index in [0.29, 0.717) is 23.5 Å². The zero-order valence-corrected chi connectivity index (χ0v) is 27.8. The maximum atomic E-state index is 12.7. The van der Waals surface area contributed by atoms with Crippen LogP contribution in [-0.4, -0.2) is 24.3 Å². The molecule has 0 aromatic heterocycles. The van der Waals surface area contributed by atoms with Crippen LogP contribution < -0.4 is 4.74 Å². The maximum Gasteiger partial charge on any atom is 0.343 e. The van der Waals surface area contributed by atoms with Gasteiger partial charge in [-0.05, 0) is 78.3 Å². The van der Waals surface area contributed by atoms with Gasteiger partial charge < -0.3 is 9.47 Å². The summed E-state index contributed by atoms with van der Waals surface area (Å²) in [5, 5.41) is 0. The van der Waals surface area contributed by atoms with E-state index in [2.05, 4.69) is 38.1 Å². The van der Waals surface area contributed by atoms with Crippen LogP contribution >= 0.6 is 11.8 Å². The number of carbonyl (C=O) groups excluding carboxylic acids is 2. The van der Waals surface area contributed by atoms with Crippen LogP contribution in [0.5, 0.6) is 5.75 Å². The first kappa shape index (κ1) is 35.4. The SMILES string of the molecule is CCCCCCCCCCOC(=O)c1ccc(OC(=O)c2ccc(-c3ccc(SCCCCCCCCC)cc3)cc2)cc1. The quantitative estimate of drug-likeness (QED) is 0.0486. The van der Waals surface area contributed by atoms with Gasteiger partial charge in [0.25, 0.3) is 0 Å². The fourth-order valence-electron chi connectivity index (χ4n) is 5.10. The molecule has 44 heavy (non-hydrogen) atoms. The van der Waals surface area contributed by atoms with Gasteiger partial charge in [-0.1, -0.05) is 122 Å². The Kier molecular flexibility index (Phi) is 17.4. The number of unbranched alkanes of at least 4 members (excludes halogenated alkanes) is 13. The molecule has 0 N–H and O–H groups in total. The summed E-state index contributed by atoms with van der Waals surface area (Å²) >= 11 is 1.92. The van der Waals surface area contributed by atoms with E-state index in [0.717, 1.165) is 29.7 Å². The van der Waals surface area contributed by atoms with Gasteiger partial charge in [-0.2, -0.15) is 0 Å². The summed E-state index contributed by atoms with van der Waals surface area (Å²) in [7, 11) is 0. The van der Waals surface area contributed by atoms with Crippen LogP contribution in [0.1, 0.15) is 131 Å². The Labute approximate surface area is 270 Å². The number of hydrogen-bond donors (Lipinski definition) is 0. The molecule has 4 nitrogen and oxygen atoms in total. The van der Waals surface area contributed by atoms with Gasteiger partial charge in [0.05, 0.1) is 17.7 Å². The highest BCUT2D eigenvalue weighted by Crippen LogP contribution is 2.26. The Bertz CT molecular complexity index is 1200. The van der Waals surface area contributed by atoms with Gasteiger partial charge in [0.2, 0.25) is 0 Å². The van der Waals surface area contributed by atoms with Gasteiger partial charge in [-0.3, -0.25) is 0 Å². The van der Waals surface area contributed by atoms with Crippen molar-refractivity contribution in [2.24, 2.45) is 0 Å². The van der Waals surface area contributed by atoms with E-state index in [9.17, 15) is 9.59 Å². The lowest BCUT2D eigenvalue weighted by Gasteiger charge is -2.08. The monoisotopic (exact) mass is 616 g/mol. The fourth-order valence-corrected chi connectivity index (χ4v) is 6.01. The van der Waals surface area contributed by atoms with E-state index < -0.39 is 5.97 Å². The molecule has 0 amide bonds. The summed E-state index contributed by atoms with van der Waals surface area (Å²) in [5.41, 5.74) is 3.11. The van der Waals surface area contributed by atoms with Gasteiger partial charge in [0, 0.05) is 4.90 Å². The van der Waals surface area contributed by atoms with Crippen LogP contribution in [0.3, 0.4) is 0 Å². The molecular weight excluding hydrogens is 564 g/mol. The van der Waals surface area contributed by atoms with E-state index in [1.54, 1.807) is 36.4 Å². The number of esters is 2. The molecule has 0 aliphatic rings. The number of benzene rings is 3. The van der Waals surface area contributed by atoms with Crippen molar-refractivity contribution < 1.29 is 19.1 Å². The Morgan fingerprint density at radius 1 is 0.523 bits per heavy atom. The summed E-state index contributed by atoms with van der Waals surface area (Å²) in [4.78, 5) is 26.4. The summed E-state index contributed by atoms with van der Waals surface area (Å²) in [5.74, 6) is 0.777. The normalized spacial score (nSPS) is 11.0. The van der Waals surface area contributed by atoms with Crippen LogP contribution in [0.15, 0.2) is 77.7 Å². The van der Waals surface area contributed by atoms with Crippen LogP contribution in [0.25, 0.3) is 11.1 Å². The van der Waals surface area contributed by atoms with E-state index >= 15 is 0 Å². The molecule has 0 unspecified atom stereocenters. The molecule has 3 aromatic carbocycles. The Morgan fingerprint density at radius 3 is 1.55 bits per heavy atom. The third-order valence-electron chi connectivity index (χ3n) is 7.86. The van der Waals surface area contributed by atoms with Crippen molar-refractivity contribution in [3.8, 4) is 16.9 Å². The molecule has 0 bridgehead atoms. The summed E-state index contributed by atoms with van der Waals surface area (Å²) < 4.78 is 11.0. The largest absolute Gasteiger partial charge is 0.462 e. The number of carbonyl (C=O) groups is 2. The zero-order chi connectivity index (χ0) is 31.2. The average molecular weight is 617 g/mol. The second-order valence-electron chi connectivity index (χ2n) is 11.6. The molecule has 0 aliphatic heterocycles. The number of ether oxygens (including phenoxy) is 2. The number of rotatable bonds is 22. The molecule has 5 heteroatoms. The Hall–Kier alpha value is -3.05. The van der Waals surface area contributed by atoms with E-state index in [1.165, 1.54) is 88.4 Å². The van der Waals surface area contributed by atoms with Crippen molar-refractivity contribution in [3.63, 3.8) is 0 Å². The van der Waals surface area contributed by atoms with Gasteiger partial charge in [-0.25, -0.2) is 9.59 Å². The lowest BCUT2D eigenvalue weighted by molar-refractivity contribution is 0.0497. The van der Waals surface area contributed by atoms with Crippen molar-refractivity contribution in [3.05, 3.63) is 83.9 Å². The molecule has 238 valence electrons. The lowest BCUT2D eigenvalue weighted by atomic mass is 10.0. The molecular formula is C39H52O4S. The van der Waals surface area contributed by atoms with Crippen LogP contribution in [0.4, 0.5) is 0 Å². The lowest BCUT2D eigenvalue weighted by Crippen LogP contribution is -2.09. The smallest absolute Gasteiger partial charge is 0.343 e. The summed E-state index contributed by atoms with van der Waals surface area (Å²) in [6.45, 7) is 4.92. The molecule has 3 rings (SSSR count). The summed E-state index contributed by atoms with van der Waals surface area (Å²) in [6, 6.07) is 22.7. The van der Waals surface area contributed by atoms with E-state index in [-0.39, 0.29) is 5.97 Å². The Balaban J connectivity index is 1.36. The van der Waals surface area contributed by atoms with Crippen molar-refractivity contribution in [1.29, 1.82) is 0 Å². The molecule has 0 radical (unpaired) electrons. The van der Waals surface area contributed by atoms with Gasteiger partial charge in [0.15, 0.2) is 0 Å². The Morgan fingerprint density at radius 2 is 0.977 bits per heavy atom. The highest BCUT2D eigenvalue weighted by molar-refractivity contribution is 7.99. The second-order valence-corrected chi connectivity index (χ2v) is 12.8. The number of thioether (sulfide) groups is 1. The van der Waals surface area contributed by atoms with Crippen molar-refractivity contribution >= 4 is 23.7 Å². The van der Waals surface area contributed by atoms with Crippen LogP contribution in [-0.2, 0) is 4.74 Å². The molecule has 0 heterocycles. The predicted octanol–water partition coefficient (Wildman–Crippen LogP) is 11.7. The fraction of sp³-hybridized carbons (Fsp3) is 0.487. The second kappa shape index (κ2) is 21.6. The van der Waals surface area contributed by atoms with E-state index in [1.807, 2.05) is 23.9 Å². The minimum atomic E-state index is -0.432. The molecule has 0 spiro atoms. The third-order valence-corrected chi connectivity index (χ3v) is 8.95. The van der Waals surface area contributed by atoms with Gasteiger partial charge in [-0.15, -0.1) is 11.8 Å². The molecule has 3 aromatic rings. The molecule has 0 saturated heterocycles. The van der Waals surface area contributed by atoms with Crippen LogP contribution in [0, 0.1) is 0 Å². The zero-order valence-electron chi connectivity index (χ0n) is 27.0. The maximum absolute atomic E-state index is 12.7. The topological polar surface area (TPSA) is 52.6 Å². The van der Waals surface area contributed by atoms with Crippen molar-refractivity contribution in [2.75, 3.05) is 12.4 Å². The highest BCUT2D eigenvalue weighted by atomic mass is 32.2. The predicted molar refractivity (Wildman–Crippen MR) is 185 cm³/mol. The van der Waals surface area contributed by atoms with Crippen LogP contribution in [0.2, 0.25) is 0 Å². The first-order valence-corrected chi connectivity index (χ1v) is 17.9. The average Bonchev–Trinajstić information content (AvgIpc) is 3.06. The van der Waals surface area contributed by atoms with Crippen molar-refractivity contribution in [1.82, 2.24) is 0 Å².